The van der Waals surface area contributed by atoms with Crippen LogP contribution < -0.4 is 16.3 Å². The molecule has 5 nitrogen and oxygen atoms in total. The number of fused-ring (bicyclic) bond motifs is 1. The number of nitrogens with zero attached hydrogens (tertiary/aromatic N) is 2. The topological polar surface area (TPSA) is 78.6 Å². The van der Waals surface area contributed by atoms with Crippen LogP contribution in [-0.2, 0) is 6.42 Å². The van der Waals surface area contributed by atoms with E-state index >= 15 is 0 Å². The predicted molar refractivity (Wildman–Crippen MR) is 88.3 cm³/mol. The van der Waals surface area contributed by atoms with Crippen LogP contribution in [0.3, 0.4) is 0 Å². The number of aliphatic imine (C=N–C) groups is 1. The lowest BCUT2D eigenvalue weighted by Gasteiger charge is -2.17. The Hall–Kier alpha value is -2.17. The van der Waals surface area contributed by atoms with Gasteiger partial charge < -0.3 is 16.3 Å². The quantitative estimate of drug-likeness (QED) is 0.515. The number of hydrogen-bond acceptors (Lipinski definition) is 3. The van der Waals surface area contributed by atoms with E-state index in [1.165, 1.54) is 0 Å². The van der Waals surface area contributed by atoms with Crippen molar-refractivity contribution in [1.29, 1.82) is 0 Å². The molecule has 114 valence electrons. The maximum Gasteiger partial charge on any atom is 0.119 e. The van der Waals surface area contributed by atoms with Gasteiger partial charge in [-0.1, -0.05) is 20.8 Å². The lowest BCUT2D eigenvalue weighted by atomic mass is 9.95. The number of methoxy groups -OCH3 is 1. The van der Waals surface area contributed by atoms with Crippen molar-refractivity contribution < 1.29 is 4.74 Å². The van der Waals surface area contributed by atoms with Gasteiger partial charge in [-0.2, -0.15) is 0 Å². The number of amidine groups is 1. The highest BCUT2D eigenvalue weighted by Crippen LogP contribution is 2.25. The van der Waals surface area contributed by atoms with Gasteiger partial charge in [0.15, 0.2) is 0 Å². The van der Waals surface area contributed by atoms with E-state index in [2.05, 4.69) is 25.8 Å². The molecule has 1 heterocycles. The minimum atomic E-state index is -0.0922. The second kappa shape index (κ2) is 5.68. The molecule has 0 saturated carbocycles. The number of nitrogens with two attached hydrogens (primary N) is 2. The molecular weight excluding hydrogens is 264 g/mol. The van der Waals surface area contributed by atoms with Crippen LogP contribution in [0.15, 0.2) is 29.4 Å². The minimum absolute atomic E-state index is 0.0922. The van der Waals surface area contributed by atoms with E-state index in [0.717, 1.165) is 28.6 Å². The van der Waals surface area contributed by atoms with Crippen molar-refractivity contribution in [2.45, 2.75) is 27.2 Å². The number of rotatable bonds is 4. The lowest BCUT2D eigenvalue weighted by molar-refractivity contribution is 0.415. The van der Waals surface area contributed by atoms with E-state index in [0.29, 0.717) is 12.4 Å². The molecule has 21 heavy (non-hydrogen) atoms. The normalized spacial score (nSPS) is 12.9. The van der Waals surface area contributed by atoms with Crippen molar-refractivity contribution in [1.82, 2.24) is 4.68 Å². The van der Waals surface area contributed by atoms with Gasteiger partial charge in [-0.3, -0.25) is 9.67 Å². The van der Waals surface area contributed by atoms with E-state index in [-0.39, 0.29) is 5.41 Å². The second-order valence-electron chi connectivity index (χ2n) is 6.21. The zero-order valence-electron chi connectivity index (χ0n) is 13.2. The van der Waals surface area contributed by atoms with Crippen LogP contribution in [0.2, 0.25) is 0 Å². The van der Waals surface area contributed by atoms with E-state index in [4.69, 9.17) is 16.3 Å². The SMILES string of the molecule is COc1ccc2c(c1)c(CCN=C(N)C(C)(C)C)cn2N. The molecule has 0 bridgehead atoms. The van der Waals surface area contributed by atoms with Crippen molar-refractivity contribution in [3.05, 3.63) is 30.0 Å². The van der Waals surface area contributed by atoms with Gasteiger partial charge >= 0.3 is 0 Å². The molecule has 0 aliphatic carbocycles. The van der Waals surface area contributed by atoms with Gasteiger partial charge in [-0.05, 0) is 30.2 Å². The van der Waals surface area contributed by atoms with Crippen LogP contribution in [0.4, 0.5) is 0 Å². The Morgan fingerprint density at radius 1 is 1.33 bits per heavy atom. The molecule has 1 aromatic carbocycles. The summed E-state index contributed by atoms with van der Waals surface area (Å²) >= 11 is 0. The fourth-order valence-corrected chi connectivity index (χ4v) is 2.16. The Morgan fingerprint density at radius 2 is 2.05 bits per heavy atom. The fourth-order valence-electron chi connectivity index (χ4n) is 2.16. The van der Waals surface area contributed by atoms with Gasteiger partial charge in [0.1, 0.15) is 5.75 Å². The van der Waals surface area contributed by atoms with E-state index in [1.54, 1.807) is 11.8 Å². The molecule has 2 rings (SSSR count). The molecule has 0 radical (unpaired) electrons. The first-order chi connectivity index (χ1) is 9.82. The van der Waals surface area contributed by atoms with Crippen LogP contribution in [0.5, 0.6) is 5.75 Å². The van der Waals surface area contributed by atoms with Crippen molar-refractivity contribution in [3.8, 4) is 5.75 Å². The second-order valence-corrected chi connectivity index (χ2v) is 6.21. The Kier molecular flexibility index (Phi) is 4.11. The molecule has 0 aliphatic heterocycles. The average Bonchev–Trinajstić information content (AvgIpc) is 2.74. The van der Waals surface area contributed by atoms with Gasteiger partial charge in [0.25, 0.3) is 0 Å². The summed E-state index contributed by atoms with van der Waals surface area (Å²) in [5, 5.41) is 1.10. The van der Waals surface area contributed by atoms with Crippen molar-refractivity contribution >= 4 is 16.7 Å². The molecule has 0 aliphatic rings. The first-order valence-electron chi connectivity index (χ1n) is 7.06. The number of aromatic nitrogens is 1. The van der Waals surface area contributed by atoms with Crippen molar-refractivity contribution in [2.75, 3.05) is 19.5 Å². The van der Waals surface area contributed by atoms with Gasteiger partial charge in [0.2, 0.25) is 0 Å². The standard InChI is InChI=1S/C16H24N4O/c1-16(2,3)15(17)19-8-7-11-10-20(18)14-6-5-12(21-4)9-13(11)14/h5-6,9-10H,7-8,18H2,1-4H3,(H2,17,19). The zero-order chi connectivity index (χ0) is 15.6. The molecule has 0 atom stereocenters. The van der Waals surface area contributed by atoms with Gasteiger partial charge in [0, 0.05) is 23.5 Å². The first-order valence-corrected chi connectivity index (χ1v) is 7.06. The number of benzene rings is 1. The number of nitrogen functional groups attached to an aromatic ring is 1. The third-order valence-corrected chi connectivity index (χ3v) is 3.55. The van der Waals surface area contributed by atoms with Crippen LogP contribution in [0.25, 0.3) is 10.9 Å². The van der Waals surface area contributed by atoms with E-state index in [9.17, 15) is 0 Å². The highest BCUT2D eigenvalue weighted by molar-refractivity contribution is 5.86. The average molecular weight is 288 g/mol. The fraction of sp³-hybridized carbons (Fsp3) is 0.438. The summed E-state index contributed by atoms with van der Waals surface area (Å²) in [5.74, 6) is 7.49. The van der Waals surface area contributed by atoms with Gasteiger partial charge in [0.05, 0.1) is 18.5 Å². The van der Waals surface area contributed by atoms with Crippen LogP contribution >= 0.6 is 0 Å². The number of hydrogen-bond donors (Lipinski definition) is 2. The summed E-state index contributed by atoms with van der Waals surface area (Å²) in [5.41, 5.74) is 8.02. The molecule has 4 N–H and O–H groups in total. The van der Waals surface area contributed by atoms with Crippen molar-refractivity contribution in [2.24, 2.45) is 16.1 Å². The Labute approximate surface area is 125 Å². The molecule has 0 saturated heterocycles. The summed E-state index contributed by atoms with van der Waals surface area (Å²) in [6, 6.07) is 5.88. The van der Waals surface area contributed by atoms with Crippen molar-refractivity contribution in [3.63, 3.8) is 0 Å². The predicted octanol–water partition coefficient (Wildman–Crippen LogP) is 2.31. The molecule has 0 fully saturated rings. The molecule has 0 unspecified atom stereocenters. The maximum absolute atomic E-state index is 5.98. The summed E-state index contributed by atoms with van der Waals surface area (Å²) in [6.07, 6.45) is 2.73. The maximum atomic E-state index is 5.98. The van der Waals surface area contributed by atoms with Gasteiger partial charge in [-0.15, -0.1) is 0 Å². The van der Waals surface area contributed by atoms with Crippen LogP contribution in [0.1, 0.15) is 26.3 Å². The van der Waals surface area contributed by atoms with E-state index < -0.39 is 0 Å². The summed E-state index contributed by atoms with van der Waals surface area (Å²) in [4.78, 5) is 4.46. The zero-order valence-corrected chi connectivity index (χ0v) is 13.2. The Balaban J connectivity index is 2.23. The lowest BCUT2D eigenvalue weighted by Crippen LogP contribution is -2.29. The largest absolute Gasteiger partial charge is 0.497 e. The minimum Gasteiger partial charge on any atom is -0.497 e. The van der Waals surface area contributed by atoms with Crippen LogP contribution in [-0.4, -0.2) is 24.2 Å². The Morgan fingerprint density at radius 3 is 2.67 bits per heavy atom. The monoisotopic (exact) mass is 288 g/mol. The summed E-state index contributed by atoms with van der Waals surface area (Å²) in [7, 11) is 1.66. The molecule has 0 amide bonds. The van der Waals surface area contributed by atoms with Crippen LogP contribution in [0, 0.1) is 5.41 Å². The molecule has 1 aromatic heterocycles. The number of ether oxygens (including phenoxy) is 1. The molecule has 0 spiro atoms. The smallest absolute Gasteiger partial charge is 0.119 e. The Bertz CT molecular complexity index is 665. The molecule has 5 heteroatoms. The highest BCUT2D eigenvalue weighted by Gasteiger charge is 2.15. The third-order valence-electron chi connectivity index (χ3n) is 3.55. The third kappa shape index (κ3) is 3.29. The summed E-state index contributed by atoms with van der Waals surface area (Å²) in [6.45, 7) is 6.83. The van der Waals surface area contributed by atoms with E-state index in [1.807, 2.05) is 24.4 Å². The molecular formula is C16H24N4O. The highest BCUT2D eigenvalue weighted by atomic mass is 16.5. The van der Waals surface area contributed by atoms with Gasteiger partial charge in [-0.25, -0.2) is 0 Å². The first kappa shape index (κ1) is 15.2. The molecule has 2 aromatic rings. The summed E-state index contributed by atoms with van der Waals surface area (Å²) < 4.78 is 6.92.